The van der Waals surface area contributed by atoms with E-state index in [1.807, 2.05) is 0 Å². The number of ether oxygens (including phenoxy) is 3. The predicted octanol–water partition coefficient (Wildman–Crippen LogP) is 1.04. The van der Waals surface area contributed by atoms with Crippen LogP contribution in [0.1, 0.15) is 7.43 Å². The van der Waals surface area contributed by atoms with Crippen LogP contribution in [-0.4, -0.2) is 66.3 Å². The predicted molar refractivity (Wildman–Crippen MR) is 73.8 cm³/mol. The van der Waals surface area contributed by atoms with Gasteiger partial charge in [-0.3, -0.25) is 4.18 Å². The molecule has 0 amide bonds. The van der Waals surface area contributed by atoms with E-state index in [9.17, 15) is 8.42 Å². The Morgan fingerprint density at radius 1 is 0.833 bits per heavy atom. The summed E-state index contributed by atoms with van der Waals surface area (Å²) < 4.78 is 41.1. The zero-order chi connectivity index (χ0) is 13.0. The Hall–Kier alpha value is 0.270. The minimum atomic E-state index is -3.37. The first-order valence-electron chi connectivity index (χ1n) is 5.20. The van der Waals surface area contributed by atoms with E-state index in [1.54, 1.807) is 0 Å². The van der Waals surface area contributed by atoms with Crippen LogP contribution in [0.2, 0.25) is 0 Å². The first kappa shape index (κ1) is 20.6. The molecule has 0 saturated carbocycles. The van der Waals surface area contributed by atoms with Crippen molar-refractivity contribution < 1.29 is 26.8 Å². The SMILES string of the molecule is C.CS(=O)(=O)OCCOCCOCCOCCBr. The summed E-state index contributed by atoms with van der Waals surface area (Å²) in [5, 5.41) is 0.816. The van der Waals surface area contributed by atoms with E-state index in [-0.39, 0.29) is 20.6 Å². The van der Waals surface area contributed by atoms with Crippen molar-refractivity contribution in [1.29, 1.82) is 0 Å². The van der Waals surface area contributed by atoms with Gasteiger partial charge >= 0.3 is 0 Å². The number of halogens is 1. The molecular weight excluding hydrogens is 328 g/mol. The maximum atomic E-state index is 10.6. The zero-order valence-corrected chi connectivity index (χ0v) is 12.3. The number of hydrogen-bond acceptors (Lipinski definition) is 6. The van der Waals surface area contributed by atoms with Gasteiger partial charge in [-0.1, -0.05) is 23.4 Å². The third kappa shape index (κ3) is 18.6. The Morgan fingerprint density at radius 2 is 1.22 bits per heavy atom. The van der Waals surface area contributed by atoms with Gasteiger partial charge in [0.05, 0.1) is 52.5 Å². The Morgan fingerprint density at radius 3 is 1.61 bits per heavy atom. The van der Waals surface area contributed by atoms with Gasteiger partial charge in [-0.05, 0) is 0 Å². The molecule has 0 aliphatic rings. The van der Waals surface area contributed by atoms with Crippen LogP contribution in [0, 0.1) is 0 Å². The Kier molecular flexibility index (Phi) is 15.7. The maximum Gasteiger partial charge on any atom is 0.264 e. The average molecular weight is 351 g/mol. The fourth-order valence-corrected chi connectivity index (χ4v) is 1.44. The Balaban J connectivity index is 0. The van der Waals surface area contributed by atoms with Crippen molar-refractivity contribution in [1.82, 2.24) is 0 Å². The summed E-state index contributed by atoms with van der Waals surface area (Å²) in [6.07, 6.45) is 1.00. The summed E-state index contributed by atoms with van der Waals surface area (Å²) in [5.74, 6) is 0. The van der Waals surface area contributed by atoms with E-state index in [0.29, 0.717) is 33.0 Å². The molecule has 6 nitrogen and oxygen atoms in total. The molecule has 18 heavy (non-hydrogen) atoms. The summed E-state index contributed by atoms with van der Waals surface area (Å²) in [6.45, 7) is 2.88. The number of rotatable bonds is 12. The van der Waals surface area contributed by atoms with Crippen molar-refractivity contribution in [2.75, 3.05) is 57.8 Å². The molecule has 0 aromatic carbocycles. The van der Waals surface area contributed by atoms with E-state index in [1.165, 1.54) is 0 Å². The van der Waals surface area contributed by atoms with Crippen LogP contribution in [0.15, 0.2) is 0 Å². The Bertz CT molecular complexity index is 257. The molecule has 0 aromatic heterocycles. The topological polar surface area (TPSA) is 71.1 Å². The summed E-state index contributed by atoms with van der Waals surface area (Å²) in [5.41, 5.74) is 0. The van der Waals surface area contributed by atoms with E-state index < -0.39 is 10.1 Å². The van der Waals surface area contributed by atoms with Crippen LogP contribution < -0.4 is 0 Å². The van der Waals surface area contributed by atoms with E-state index in [0.717, 1.165) is 11.6 Å². The van der Waals surface area contributed by atoms with Crippen molar-refractivity contribution in [2.24, 2.45) is 0 Å². The van der Waals surface area contributed by atoms with Crippen LogP contribution in [0.25, 0.3) is 0 Å². The first-order valence-corrected chi connectivity index (χ1v) is 8.13. The second-order valence-corrected chi connectivity index (χ2v) is 5.49. The summed E-state index contributed by atoms with van der Waals surface area (Å²) in [6, 6.07) is 0. The van der Waals surface area contributed by atoms with Crippen LogP contribution >= 0.6 is 15.9 Å². The molecule has 0 saturated heterocycles. The molecule has 0 N–H and O–H groups in total. The quantitative estimate of drug-likeness (QED) is 0.297. The van der Waals surface area contributed by atoms with Gasteiger partial charge in [0.2, 0.25) is 0 Å². The van der Waals surface area contributed by atoms with E-state index in [4.69, 9.17) is 14.2 Å². The highest BCUT2D eigenvalue weighted by atomic mass is 79.9. The molecule has 0 aromatic rings. The number of alkyl halides is 1. The second-order valence-electron chi connectivity index (χ2n) is 3.05. The minimum absolute atomic E-state index is 0. The average Bonchev–Trinajstić information content (AvgIpc) is 2.24. The summed E-state index contributed by atoms with van der Waals surface area (Å²) in [7, 11) is -3.37. The highest BCUT2D eigenvalue weighted by Gasteiger charge is 2.00. The molecule has 0 fully saturated rings. The van der Waals surface area contributed by atoms with Gasteiger partial charge in [0.15, 0.2) is 0 Å². The molecule has 0 atom stereocenters. The molecule has 0 aliphatic heterocycles. The third-order valence-corrected chi connectivity index (χ3v) is 2.41. The van der Waals surface area contributed by atoms with Crippen molar-refractivity contribution >= 4 is 26.0 Å². The van der Waals surface area contributed by atoms with Crippen molar-refractivity contribution in [3.8, 4) is 0 Å². The largest absolute Gasteiger partial charge is 0.378 e. The second kappa shape index (κ2) is 13.7. The standard InChI is InChI=1S/C9H19BrO6S.CH4/c1-17(11,12)16-9-8-15-7-6-14-5-4-13-3-2-10;/h2-9H2,1H3;1H4. The van der Waals surface area contributed by atoms with Crippen LogP contribution in [0.4, 0.5) is 0 Å². The van der Waals surface area contributed by atoms with E-state index >= 15 is 0 Å². The number of hydrogen-bond donors (Lipinski definition) is 0. The monoisotopic (exact) mass is 350 g/mol. The molecule has 0 heterocycles. The molecular formula is C10H23BrO6S. The lowest BCUT2D eigenvalue weighted by molar-refractivity contribution is 0.0123. The Labute approximate surface area is 118 Å². The third-order valence-electron chi connectivity index (χ3n) is 1.49. The van der Waals surface area contributed by atoms with Crippen LogP contribution in [0.5, 0.6) is 0 Å². The van der Waals surface area contributed by atoms with Gasteiger partial charge in [0.1, 0.15) is 0 Å². The smallest absolute Gasteiger partial charge is 0.264 e. The molecule has 112 valence electrons. The first-order chi connectivity index (χ1) is 8.06. The van der Waals surface area contributed by atoms with Crippen LogP contribution in [0.3, 0.4) is 0 Å². The van der Waals surface area contributed by atoms with Gasteiger partial charge in [0, 0.05) is 5.33 Å². The minimum Gasteiger partial charge on any atom is -0.378 e. The lowest BCUT2D eigenvalue weighted by atomic mass is 10.7. The van der Waals surface area contributed by atoms with Gasteiger partial charge in [-0.15, -0.1) is 0 Å². The van der Waals surface area contributed by atoms with Gasteiger partial charge < -0.3 is 14.2 Å². The van der Waals surface area contributed by atoms with Gasteiger partial charge in [-0.2, -0.15) is 8.42 Å². The normalized spacial score (nSPS) is 11.2. The van der Waals surface area contributed by atoms with Crippen molar-refractivity contribution in [3.63, 3.8) is 0 Å². The lowest BCUT2D eigenvalue weighted by Crippen LogP contribution is -2.13. The lowest BCUT2D eigenvalue weighted by Gasteiger charge is -2.06. The molecule has 0 rings (SSSR count). The van der Waals surface area contributed by atoms with Gasteiger partial charge in [0.25, 0.3) is 10.1 Å². The van der Waals surface area contributed by atoms with E-state index in [2.05, 4.69) is 20.1 Å². The summed E-state index contributed by atoms with van der Waals surface area (Å²) >= 11 is 3.24. The highest BCUT2D eigenvalue weighted by molar-refractivity contribution is 9.09. The summed E-state index contributed by atoms with van der Waals surface area (Å²) in [4.78, 5) is 0. The highest BCUT2D eigenvalue weighted by Crippen LogP contribution is 1.87. The van der Waals surface area contributed by atoms with Crippen LogP contribution in [-0.2, 0) is 28.5 Å². The molecule has 8 heteroatoms. The fourth-order valence-electron chi connectivity index (χ4n) is 0.841. The molecule has 0 bridgehead atoms. The van der Waals surface area contributed by atoms with Gasteiger partial charge in [-0.25, -0.2) is 0 Å². The molecule has 0 aliphatic carbocycles. The maximum absolute atomic E-state index is 10.6. The molecule has 0 unspecified atom stereocenters. The van der Waals surface area contributed by atoms with Crippen molar-refractivity contribution in [3.05, 3.63) is 0 Å². The molecule has 0 radical (unpaired) electrons. The molecule has 0 spiro atoms. The fraction of sp³-hybridized carbons (Fsp3) is 1.00. The van der Waals surface area contributed by atoms with Crippen molar-refractivity contribution in [2.45, 2.75) is 7.43 Å². The zero-order valence-electron chi connectivity index (χ0n) is 9.89.